The Morgan fingerprint density at radius 1 is 1.03 bits per heavy atom. The number of carbonyl (C=O) groups is 2. The first kappa shape index (κ1) is 19.0. The molecule has 2 aliphatic rings. The number of anilines is 1. The molecule has 6 rings (SSSR count). The molecule has 2 saturated heterocycles. The number of likely N-dealkylation sites (tertiary alicyclic amines) is 1. The van der Waals surface area contributed by atoms with Crippen molar-refractivity contribution < 1.29 is 9.59 Å². The third-order valence-corrected chi connectivity index (χ3v) is 6.69. The molecule has 9 heteroatoms. The van der Waals surface area contributed by atoms with Crippen LogP contribution in [0.25, 0.3) is 16.6 Å². The number of benzene rings is 1. The molecular weight excluding hydrogens is 406 g/mol. The second kappa shape index (κ2) is 7.44. The number of pyridine rings is 1. The van der Waals surface area contributed by atoms with Crippen molar-refractivity contribution in [3.8, 4) is 0 Å². The van der Waals surface area contributed by atoms with E-state index in [0.717, 1.165) is 35.2 Å². The average Bonchev–Trinajstić information content (AvgIpc) is 3.55. The van der Waals surface area contributed by atoms with Gasteiger partial charge >= 0.3 is 0 Å². The Balaban J connectivity index is 1.13. The summed E-state index contributed by atoms with van der Waals surface area (Å²) in [7, 11) is 0. The van der Waals surface area contributed by atoms with Gasteiger partial charge in [-0.25, -0.2) is 0 Å². The summed E-state index contributed by atoms with van der Waals surface area (Å²) in [5.41, 5.74) is 1.73. The second-order valence-electron chi connectivity index (χ2n) is 8.58. The largest absolute Gasteiger partial charge is 0.342 e. The van der Waals surface area contributed by atoms with Crippen molar-refractivity contribution in [3.63, 3.8) is 0 Å². The molecular formula is C23H23N7O2. The van der Waals surface area contributed by atoms with Gasteiger partial charge in [0.1, 0.15) is 5.82 Å². The lowest BCUT2D eigenvalue weighted by molar-refractivity contribution is -0.136. The zero-order chi connectivity index (χ0) is 21.7. The van der Waals surface area contributed by atoms with Gasteiger partial charge < -0.3 is 4.90 Å². The van der Waals surface area contributed by atoms with E-state index in [1.54, 1.807) is 4.90 Å². The minimum Gasteiger partial charge on any atom is -0.342 e. The van der Waals surface area contributed by atoms with Crippen LogP contribution in [-0.4, -0.2) is 61.1 Å². The number of para-hydroxylation sites is 1. The molecule has 0 radical (unpaired) electrons. The fraction of sp³-hybridized carbons (Fsp3) is 0.348. The molecule has 1 atom stereocenters. The van der Waals surface area contributed by atoms with Crippen LogP contribution in [0, 0.1) is 5.92 Å². The second-order valence-corrected chi connectivity index (χ2v) is 8.58. The van der Waals surface area contributed by atoms with Gasteiger partial charge in [0.05, 0.1) is 11.4 Å². The molecule has 162 valence electrons. The van der Waals surface area contributed by atoms with Gasteiger partial charge in [-0.1, -0.05) is 18.2 Å². The van der Waals surface area contributed by atoms with Gasteiger partial charge in [-0.05, 0) is 37.1 Å². The zero-order valence-electron chi connectivity index (χ0n) is 17.5. The Morgan fingerprint density at radius 3 is 2.72 bits per heavy atom. The van der Waals surface area contributed by atoms with Crippen molar-refractivity contribution in [1.82, 2.24) is 29.7 Å². The fourth-order valence-electron chi connectivity index (χ4n) is 4.99. The predicted molar refractivity (Wildman–Crippen MR) is 118 cm³/mol. The van der Waals surface area contributed by atoms with Crippen LogP contribution in [0.2, 0.25) is 0 Å². The Hall–Kier alpha value is -3.75. The van der Waals surface area contributed by atoms with Crippen LogP contribution in [0.5, 0.6) is 0 Å². The summed E-state index contributed by atoms with van der Waals surface area (Å²) in [6.45, 7) is 1.71. The Labute approximate surface area is 184 Å². The number of aromatic amines is 1. The van der Waals surface area contributed by atoms with Gasteiger partial charge in [0.15, 0.2) is 11.5 Å². The molecule has 2 aliphatic heterocycles. The number of nitrogens with zero attached hydrogens (tertiary/aromatic N) is 6. The number of aromatic nitrogens is 5. The molecule has 0 spiro atoms. The standard InChI is InChI=1S/C23H23N7O2/c31-20-13-16(14-30(20)22-17-5-1-2-6-18(17)24-27-22)23(32)28-11-8-15(9-12-28)21-26-25-19-7-3-4-10-29(19)21/h1-7,10,15-16H,8-9,11-14H2,(H,24,27)/t16-/m1/s1. The highest BCUT2D eigenvalue weighted by molar-refractivity contribution is 6.05. The lowest BCUT2D eigenvalue weighted by Crippen LogP contribution is -2.42. The van der Waals surface area contributed by atoms with E-state index in [-0.39, 0.29) is 30.1 Å². The maximum atomic E-state index is 13.2. The smallest absolute Gasteiger partial charge is 0.229 e. The van der Waals surface area contributed by atoms with Gasteiger partial charge in [-0.3, -0.25) is 24.0 Å². The van der Waals surface area contributed by atoms with Crippen LogP contribution in [0.1, 0.15) is 31.0 Å². The molecule has 3 aromatic heterocycles. The molecule has 0 bridgehead atoms. The molecule has 0 unspecified atom stereocenters. The Morgan fingerprint density at radius 2 is 1.84 bits per heavy atom. The van der Waals surface area contributed by atoms with Gasteiger partial charge in [0.25, 0.3) is 0 Å². The summed E-state index contributed by atoms with van der Waals surface area (Å²) in [5.74, 6) is 1.52. The van der Waals surface area contributed by atoms with Crippen molar-refractivity contribution in [2.75, 3.05) is 24.5 Å². The quantitative estimate of drug-likeness (QED) is 0.539. The molecule has 5 heterocycles. The van der Waals surface area contributed by atoms with E-state index in [0.29, 0.717) is 25.5 Å². The topological polar surface area (TPSA) is 99.5 Å². The van der Waals surface area contributed by atoms with E-state index in [2.05, 4.69) is 20.4 Å². The van der Waals surface area contributed by atoms with Crippen molar-refractivity contribution >= 4 is 34.2 Å². The van der Waals surface area contributed by atoms with Gasteiger partial charge in [-0.2, -0.15) is 5.10 Å². The van der Waals surface area contributed by atoms with Crippen molar-refractivity contribution in [2.24, 2.45) is 5.92 Å². The summed E-state index contributed by atoms with van der Waals surface area (Å²) >= 11 is 0. The number of nitrogens with one attached hydrogen (secondary N) is 1. The van der Waals surface area contributed by atoms with Crippen molar-refractivity contribution in [2.45, 2.75) is 25.2 Å². The Bertz CT molecular complexity index is 1320. The number of hydrogen-bond acceptors (Lipinski definition) is 5. The van der Waals surface area contributed by atoms with Crippen molar-refractivity contribution in [3.05, 3.63) is 54.5 Å². The number of hydrogen-bond donors (Lipinski definition) is 1. The number of rotatable bonds is 3. The van der Waals surface area contributed by atoms with Gasteiger partial charge in [-0.15, -0.1) is 10.2 Å². The van der Waals surface area contributed by atoms with Gasteiger partial charge in [0.2, 0.25) is 11.8 Å². The summed E-state index contributed by atoms with van der Waals surface area (Å²) in [4.78, 5) is 29.5. The molecule has 2 fully saturated rings. The van der Waals surface area contributed by atoms with Crippen LogP contribution in [0.15, 0.2) is 48.7 Å². The first-order chi connectivity index (χ1) is 15.7. The molecule has 4 aromatic rings. The van der Waals surface area contributed by atoms with E-state index in [4.69, 9.17) is 0 Å². The summed E-state index contributed by atoms with van der Waals surface area (Å²) < 4.78 is 2.03. The summed E-state index contributed by atoms with van der Waals surface area (Å²) in [6.07, 6.45) is 3.90. The highest BCUT2D eigenvalue weighted by atomic mass is 16.2. The fourth-order valence-corrected chi connectivity index (χ4v) is 4.99. The van der Waals surface area contributed by atoms with Crippen LogP contribution >= 0.6 is 0 Å². The minimum absolute atomic E-state index is 0.0505. The molecule has 0 saturated carbocycles. The van der Waals surface area contributed by atoms with Crippen LogP contribution in [0.3, 0.4) is 0 Å². The van der Waals surface area contributed by atoms with E-state index in [1.165, 1.54) is 0 Å². The predicted octanol–water partition coefficient (Wildman–Crippen LogP) is 2.36. The highest BCUT2D eigenvalue weighted by Crippen LogP contribution is 2.32. The Kier molecular flexibility index (Phi) is 4.41. The van der Waals surface area contributed by atoms with Gasteiger partial charge in [0, 0.05) is 43.6 Å². The highest BCUT2D eigenvalue weighted by Gasteiger charge is 2.39. The number of H-pyrrole nitrogens is 1. The van der Waals surface area contributed by atoms with Crippen LogP contribution < -0.4 is 4.90 Å². The first-order valence-electron chi connectivity index (χ1n) is 11.0. The monoisotopic (exact) mass is 429 g/mol. The number of carbonyl (C=O) groups excluding carboxylic acids is 2. The normalized spacial score (nSPS) is 20.0. The van der Waals surface area contributed by atoms with E-state index in [9.17, 15) is 9.59 Å². The average molecular weight is 429 g/mol. The lowest BCUT2D eigenvalue weighted by atomic mass is 9.94. The third-order valence-electron chi connectivity index (χ3n) is 6.69. The molecule has 1 aromatic carbocycles. The number of piperidine rings is 1. The maximum Gasteiger partial charge on any atom is 0.229 e. The lowest BCUT2D eigenvalue weighted by Gasteiger charge is -2.32. The van der Waals surface area contributed by atoms with Crippen LogP contribution in [0.4, 0.5) is 5.82 Å². The molecule has 0 aliphatic carbocycles. The molecule has 9 nitrogen and oxygen atoms in total. The molecule has 2 amide bonds. The third kappa shape index (κ3) is 3.04. The van der Waals surface area contributed by atoms with E-state index >= 15 is 0 Å². The molecule has 32 heavy (non-hydrogen) atoms. The first-order valence-corrected chi connectivity index (χ1v) is 11.0. The zero-order valence-corrected chi connectivity index (χ0v) is 17.5. The maximum absolute atomic E-state index is 13.2. The van der Waals surface area contributed by atoms with E-state index < -0.39 is 0 Å². The van der Waals surface area contributed by atoms with E-state index in [1.807, 2.05) is 58.0 Å². The van der Waals surface area contributed by atoms with Crippen molar-refractivity contribution in [1.29, 1.82) is 0 Å². The summed E-state index contributed by atoms with van der Waals surface area (Å²) in [5, 5.41) is 16.8. The number of amides is 2. The minimum atomic E-state index is -0.330. The summed E-state index contributed by atoms with van der Waals surface area (Å²) in [6, 6.07) is 13.6. The van der Waals surface area contributed by atoms with Crippen LogP contribution in [-0.2, 0) is 9.59 Å². The SMILES string of the molecule is O=C([C@@H]1CC(=O)N(c2n[nH]c3ccccc23)C1)N1CCC(c2nnc3ccccn23)CC1. The number of fused-ring (bicyclic) bond motifs is 2. The molecule has 1 N–H and O–H groups in total.